The first kappa shape index (κ1) is 26.5. The number of nitrogens with zero attached hydrogens (tertiary/aromatic N) is 2. The highest BCUT2D eigenvalue weighted by Gasteiger charge is 2.41. The van der Waals surface area contributed by atoms with E-state index in [1.54, 1.807) is 24.3 Å². The number of anilines is 1. The second kappa shape index (κ2) is 10.0. The lowest BCUT2D eigenvalue weighted by Gasteiger charge is -2.30. The first-order valence-corrected chi connectivity index (χ1v) is 12.7. The van der Waals surface area contributed by atoms with Crippen molar-refractivity contribution in [2.75, 3.05) is 11.8 Å². The SMILES string of the molecule is COc1cc(C(=O)O)c(F)cc1NS(=O)(=O)c1ccn(-c2ccc([C@H]3CC[C@H](C(F)(F)F)CC3)cc2)n1. The third kappa shape index (κ3) is 5.71. The second-order valence-electron chi connectivity index (χ2n) is 8.72. The maximum atomic E-state index is 14.1. The number of hydrogen-bond donors (Lipinski definition) is 2. The van der Waals surface area contributed by atoms with Crippen molar-refractivity contribution in [3.05, 3.63) is 65.6 Å². The van der Waals surface area contributed by atoms with Gasteiger partial charge in [-0.3, -0.25) is 4.72 Å². The lowest BCUT2D eigenvalue weighted by molar-refractivity contribution is -0.182. The van der Waals surface area contributed by atoms with E-state index in [0.29, 0.717) is 24.6 Å². The fraction of sp³-hybridized carbons (Fsp3) is 0.333. The van der Waals surface area contributed by atoms with E-state index < -0.39 is 39.5 Å². The Hall–Kier alpha value is -3.61. The molecule has 1 aromatic heterocycles. The summed E-state index contributed by atoms with van der Waals surface area (Å²) in [7, 11) is -3.12. The molecule has 2 aromatic carbocycles. The van der Waals surface area contributed by atoms with Gasteiger partial charge in [-0.25, -0.2) is 13.9 Å². The van der Waals surface area contributed by atoms with Gasteiger partial charge in [0.2, 0.25) is 0 Å². The second-order valence-corrected chi connectivity index (χ2v) is 10.4. The van der Waals surface area contributed by atoms with Crippen LogP contribution in [0.1, 0.15) is 47.5 Å². The van der Waals surface area contributed by atoms with Crippen LogP contribution in [0.4, 0.5) is 23.2 Å². The Kier molecular flexibility index (Phi) is 7.18. The number of ether oxygens (including phenoxy) is 1. The number of nitrogens with one attached hydrogen (secondary N) is 1. The molecule has 0 unspecified atom stereocenters. The summed E-state index contributed by atoms with van der Waals surface area (Å²) in [5.41, 5.74) is 0.457. The van der Waals surface area contributed by atoms with Crippen molar-refractivity contribution in [1.29, 1.82) is 0 Å². The van der Waals surface area contributed by atoms with E-state index in [0.717, 1.165) is 11.6 Å². The molecule has 4 rings (SSSR count). The first-order valence-electron chi connectivity index (χ1n) is 11.3. The van der Waals surface area contributed by atoms with Gasteiger partial charge in [-0.1, -0.05) is 12.1 Å². The maximum Gasteiger partial charge on any atom is 0.391 e. The highest BCUT2D eigenvalue weighted by molar-refractivity contribution is 7.92. The summed E-state index contributed by atoms with van der Waals surface area (Å²) in [5, 5.41) is 12.7. The highest BCUT2D eigenvalue weighted by Crippen LogP contribution is 2.43. The molecule has 0 amide bonds. The largest absolute Gasteiger partial charge is 0.495 e. The average Bonchev–Trinajstić information content (AvgIpc) is 3.35. The summed E-state index contributed by atoms with van der Waals surface area (Å²) in [4.78, 5) is 11.1. The van der Waals surface area contributed by atoms with Crippen LogP contribution in [0.2, 0.25) is 0 Å². The minimum absolute atomic E-state index is 0.0216. The normalized spacial score (nSPS) is 18.4. The Labute approximate surface area is 209 Å². The van der Waals surface area contributed by atoms with Crippen molar-refractivity contribution in [2.45, 2.75) is 42.8 Å². The molecule has 0 atom stereocenters. The van der Waals surface area contributed by atoms with Gasteiger partial charge in [-0.15, -0.1) is 0 Å². The van der Waals surface area contributed by atoms with E-state index in [1.165, 1.54) is 24.1 Å². The van der Waals surface area contributed by atoms with Gasteiger partial charge in [-0.05, 0) is 61.4 Å². The van der Waals surface area contributed by atoms with Crippen LogP contribution in [-0.4, -0.2) is 42.6 Å². The summed E-state index contributed by atoms with van der Waals surface area (Å²) in [5.74, 6) is -4.12. The summed E-state index contributed by atoms with van der Waals surface area (Å²) < 4.78 is 87.0. The molecule has 0 aliphatic heterocycles. The molecule has 3 aromatic rings. The van der Waals surface area contributed by atoms with Gasteiger partial charge in [0, 0.05) is 12.3 Å². The Morgan fingerprint density at radius 3 is 2.32 bits per heavy atom. The van der Waals surface area contributed by atoms with Gasteiger partial charge >= 0.3 is 12.1 Å². The van der Waals surface area contributed by atoms with Crippen LogP contribution in [0.15, 0.2) is 53.7 Å². The number of carboxylic acid groups (broad SMARTS) is 1. The van der Waals surface area contributed by atoms with Crippen LogP contribution < -0.4 is 9.46 Å². The van der Waals surface area contributed by atoms with E-state index in [-0.39, 0.29) is 35.2 Å². The quantitative estimate of drug-likeness (QED) is 0.390. The van der Waals surface area contributed by atoms with Crippen LogP contribution in [0.25, 0.3) is 5.69 Å². The molecule has 0 radical (unpaired) electrons. The number of alkyl halides is 3. The van der Waals surface area contributed by atoms with Crippen LogP contribution in [0.5, 0.6) is 5.75 Å². The van der Waals surface area contributed by atoms with Crippen LogP contribution in [0.3, 0.4) is 0 Å². The number of rotatable bonds is 7. The lowest BCUT2D eigenvalue weighted by Crippen LogP contribution is -2.27. The van der Waals surface area contributed by atoms with E-state index in [9.17, 15) is 30.8 Å². The lowest BCUT2D eigenvalue weighted by atomic mass is 9.78. The molecule has 198 valence electrons. The van der Waals surface area contributed by atoms with Crippen molar-refractivity contribution >= 4 is 21.7 Å². The van der Waals surface area contributed by atoms with E-state index in [4.69, 9.17) is 9.84 Å². The molecular weight excluding hydrogens is 518 g/mol. The Morgan fingerprint density at radius 1 is 1.11 bits per heavy atom. The molecule has 1 heterocycles. The number of carbonyl (C=O) groups is 1. The topological polar surface area (TPSA) is 111 Å². The first-order chi connectivity index (χ1) is 17.4. The van der Waals surface area contributed by atoms with Crippen molar-refractivity contribution in [3.8, 4) is 11.4 Å². The smallest absolute Gasteiger partial charge is 0.391 e. The number of sulfonamides is 1. The molecule has 0 spiro atoms. The van der Waals surface area contributed by atoms with Crippen LogP contribution in [-0.2, 0) is 10.0 Å². The minimum Gasteiger partial charge on any atom is -0.495 e. The fourth-order valence-corrected chi connectivity index (χ4v) is 5.40. The van der Waals surface area contributed by atoms with E-state index in [1.807, 2.05) is 0 Å². The zero-order chi connectivity index (χ0) is 27.0. The Balaban J connectivity index is 1.49. The molecule has 2 N–H and O–H groups in total. The number of aromatic carboxylic acids is 1. The van der Waals surface area contributed by atoms with Crippen molar-refractivity contribution < 1.29 is 40.6 Å². The Bertz CT molecular complexity index is 1400. The van der Waals surface area contributed by atoms with Gasteiger partial charge < -0.3 is 9.84 Å². The van der Waals surface area contributed by atoms with Gasteiger partial charge in [-0.2, -0.15) is 26.7 Å². The summed E-state index contributed by atoms with van der Waals surface area (Å²) in [6, 6.07) is 9.78. The molecule has 37 heavy (non-hydrogen) atoms. The monoisotopic (exact) mass is 541 g/mol. The van der Waals surface area contributed by atoms with E-state index in [2.05, 4.69) is 9.82 Å². The zero-order valence-corrected chi connectivity index (χ0v) is 20.3. The summed E-state index contributed by atoms with van der Waals surface area (Å²) >= 11 is 0. The molecule has 13 heteroatoms. The standard InChI is InChI=1S/C24H23F4N3O5S/c1-36-21-12-18(23(32)33)19(25)13-20(21)30-37(34,35)22-10-11-31(29-22)17-8-4-15(5-9-17)14-2-6-16(7-3-14)24(26,27)28/h4-5,8-14,16,30H,2-3,6-7H2,1H3,(H,32,33)/t14-,16-. The number of methoxy groups -OCH3 is 1. The predicted molar refractivity (Wildman–Crippen MR) is 125 cm³/mol. The number of aromatic nitrogens is 2. The zero-order valence-electron chi connectivity index (χ0n) is 19.5. The van der Waals surface area contributed by atoms with Gasteiger partial charge in [0.05, 0.1) is 30.0 Å². The molecular formula is C24H23F4N3O5S. The highest BCUT2D eigenvalue weighted by atomic mass is 32.2. The summed E-state index contributed by atoms with van der Waals surface area (Å²) in [6.07, 6.45) is -1.69. The number of hydrogen-bond acceptors (Lipinski definition) is 5. The van der Waals surface area contributed by atoms with Crippen LogP contribution in [0, 0.1) is 11.7 Å². The summed E-state index contributed by atoms with van der Waals surface area (Å²) in [6.45, 7) is 0. The molecule has 0 bridgehead atoms. The van der Waals surface area contributed by atoms with Crippen molar-refractivity contribution in [2.24, 2.45) is 5.92 Å². The molecule has 8 nitrogen and oxygen atoms in total. The molecule has 1 aliphatic rings. The van der Waals surface area contributed by atoms with Crippen molar-refractivity contribution in [3.63, 3.8) is 0 Å². The number of halogens is 4. The Morgan fingerprint density at radius 2 is 1.76 bits per heavy atom. The molecule has 1 aliphatic carbocycles. The van der Waals surface area contributed by atoms with Gasteiger partial charge in [0.1, 0.15) is 11.6 Å². The fourth-order valence-electron chi connectivity index (χ4n) is 4.41. The molecule has 1 fully saturated rings. The van der Waals surface area contributed by atoms with Crippen molar-refractivity contribution in [1.82, 2.24) is 9.78 Å². The maximum absolute atomic E-state index is 14.1. The predicted octanol–water partition coefficient (Wildman–Crippen LogP) is 5.36. The minimum atomic E-state index is -4.29. The van der Waals surface area contributed by atoms with Gasteiger partial charge in [0.15, 0.2) is 5.03 Å². The molecule has 1 saturated carbocycles. The average molecular weight is 542 g/mol. The van der Waals surface area contributed by atoms with Crippen LogP contribution >= 0.6 is 0 Å². The molecule has 0 saturated heterocycles. The number of carboxylic acids is 1. The van der Waals surface area contributed by atoms with E-state index >= 15 is 0 Å². The van der Waals surface area contributed by atoms with Gasteiger partial charge in [0.25, 0.3) is 10.0 Å². The third-order valence-electron chi connectivity index (χ3n) is 6.42. The third-order valence-corrected chi connectivity index (χ3v) is 7.68. The number of benzene rings is 2.